The van der Waals surface area contributed by atoms with Crippen LogP contribution in [0.25, 0.3) is 21.9 Å². The van der Waals surface area contributed by atoms with Gasteiger partial charge in [-0.1, -0.05) is 47.6 Å². The normalized spacial score (nSPS) is 10.8. The highest BCUT2D eigenvalue weighted by Gasteiger charge is 2.10. The van der Waals surface area contributed by atoms with E-state index in [2.05, 4.69) is 5.16 Å². The summed E-state index contributed by atoms with van der Waals surface area (Å²) in [5.74, 6) is 0.354. The van der Waals surface area contributed by atoms with Crippen molar-refractivity contribution in [1.29, 1.82) is 0 Å². The van der Waals surface area contributed by atoms with Crippen molar-refractivity contribution in [2.24, 2.45) is 5.73 Å². The average Bonchev–Trinajstić information content (AvgIpc) is 3.22. The zero-order valence-corrected chi connectivity index (χ0v) is 14.6. The lowest BCUT2D eigenvalue weighted by Crippen LogP contribution is -2.46. The molecule has 4 rings (SSSR count). The summed E-state index contributed by atoms with van der Waals surface area (Å²) in [6.45, 7) is 0. The molecule has 0 fully saturated rings. The number of rotatable bonds is 5. The minimum atomic E-state index is 0.0591. The molecule has 5 nitrogen and oxygen atoms in total. The highest BCUT2D eigenvalue weighted by Crippen LogP contribution is 2.22. The molecule has 3 aromatic carbocycles. The molecule has 0 aliphatic carbocycles. The SMILES string of the molecule is NC(=[NH2+])c1ccc2cc(CC(=O)c3cccc(-c4cnoc4)c3)ccc2c1. The molecule has 0 saturated carbocycles. The standard InChI is InChI=1S/C22H17N3O2/c23-22(24)19-7-6-16-8-14(4-5-17(16)11-19)9-21(26)18-3-1-2-15(10-18)20-12-25-27-13-20/h1-8,10-13H,9H2,(H3,23,24)/p+1. The summed E-state index contributed by atoms with van der Waals surface area (Å²) >= 11 is 0. The molecule has 0 unspecified atom stereocenters. The Kier molecular flexibility index (Phi) is 4.26. The summed E-state index contributed by atoms with van der Waals surface area (Å²) in [5.41, 5.74) is 9.83. The molecule has 0 spiro atoms. The first-order chi connectivity index (χ1) is 13.1. The van der Waals surface area contributed by atoms with Crippen LogP contribution in [0, 0.1) is 0 Å². The third kappa shape index (κ3) is 3.48. The zero-order chi connectivity index (χ0) is 18.8. The van der Waals surface area contributed by atoms with Gasteiger partial charge in [0.2, 0.25) is 0 Å². The molecular weight excluding hydrogens is 338 g/mol. The molecule has 0 aliphatic heterocycles. The third-order valence-corrected chi connectivity index (χ3v) is 4.55. The number of carbonyl (C=O) groups excluding carboxylic acids is 1. The van der Waals surface area contributed by atoms with Crippen LogP contribution < -0.4 is 11.1 Å². The van der Waals surface area contributed by atoms with Crippen LogP contribution in [0.15, 0.2) is 77.6 Å². The van der Waals surface area contributed by atoms with Gasteiger partial charge < -0.3 is 4.52 Å². The van der Waals surface area contributed by atoms with Gasteiger partial charge in [0.1, 0.15) is 6.26 Å². The first-order valence-corrected chi connectivity index (χ1v) is 8.54. The maximum atomic E-state index is 12.7. The van der Waals surface area contributed by atoms with Gasteiger partial charge in [-0.2, -0.15) is 0 Å². The molecule has 0 aliphatic rings. The summed E-state index contributed by atoms with van der Waals surface area (Å²) in [6.07, 6.45) is 3.52. The van der Waals surface area contributed by atoms with Crippen LogP contribution in [0.4, 0.5) is 0 Å². The Bertz CT molecular complexity index is 1150. The second-order valence-electron chi connectivity index (χ2n) is 6.45. The van der Waals surface area contributed by atoms with Crippen molar-refractivity contribution < 1.29 is 14.7 Å². The summed E-state index contributed by atoms with van der Waals surface area (Å²) in [4.78, 5) is 12.7. The van der Waals surface area contributed by atoms with Crippen molar-refractivity contribution in [3.05, 3.63) is 89.8 Å². The van der Waals surface area contributed by atoms with Gasteiger partial charge in [-0.3, -0.25) is 15.9 Å². The maximum absolute atomic E-state index is 12.7. The number of aromatic nitrogens is 1. The number of carbonyl (C=O) groups is 1. The van der Waals surface area contributed by atoms with E-state index < -0.39 is 0 Å². The molecule has 0 atom stereocenters. The van der Waals surface area contributed by atoms with Crippen molar-refractivity contribution in [1.82, 2.24) is 5.16 Å². The number of Topliss-reactive ketones (excluding diaryl/α,β-unsaturated/α-hetero) is 1. The number of nitrogens with zero attached hydrogens (tertiary/aromatic N) is 1. The first-order valence-electron chi connectivity index (χ1n) is 8.54. The van der Waals surface area contributed by atoms with Gasteiger partial charge in [-0.05, 0) is 40.1 Å². The smallest absolute Gasteiger partial charge is 0.270 e. The van der Waals surface area contributed by atoms with Crippen molar-refractivity contribution in [3.63, 3.8) is 0 Å². The molecule has 5 heteroatoms. The van der Waals surface area contributed by atoms with Crippen molar-refractivity contribution in [2.75, 3.05) is 0 Å². The lowest BCUT2D eigenvalue weighted by molar-refractivity contribution is -0.114. The molecule has 1 aromatic heterocycles. The Balaban J connectivity index is 1.58. The van der Waals surface area contributed by atoms with E-state index in [9.17, 15) is 4.79 Å². The summed E-state index contributed by atoms with van der Waals surface area (Å²) in [5, 5.41) is 11.4. The van der Waals surface area contributed by atoms with Crippen LogP contribution in [0.2, 0.25) is 0 Å². The van der Waals surface area contributed by atoms with Gasteiger partial charge >= 0.3 is 0 Å². The molecule has 0 radical (unpaired) electrons. The molecule has 0 bridgehead atoms. The number of nitrogens with two attached hydrogens (primary N) is 2. The van der Waals surface area contributed by atoms with Gasteiger partial charge in [-0.15, -0.1) is 0 Å². The Morgan fingerprint density at radius 3 is 2.56 bits per heavy atom. The second kappa shape index (κ2) is 6.88. The number of fused-ring (bicyclic) bond motifs is 1. The van der Waals surface area contributed by atoms with E-state index in [0.29, 0.717) is 17.8 Å². The minimum Gasteiger partial charge on any atom is -0.364 e. The van der Waals surface area contributed by atoms with E-state index in [1.165, 1.54) is 0 Å². The molecule has 4 aromatic rings. The predicted molar refractivity (Wildman–Crippen MR) is 104 cm³/mol. The first kappa shape index (κ1) is 16.7. The summed E-state index contributed by atoms with van der Waals surface area (Å²) < 4.78 is 4.88. The van der Waals surface area contributed by atoms with E-state index in [0.717, 1.165) is 33.0 Å². The lowest BCUT2D eigenvalue weighted by Gasteiger charge is -2.06. The fraction of sp³-hybridized carbons (Fsp3) is 0.0455. The number of ketones is 1. The highest BCUT2D eigenvalue weighted by atomic mass is 16.5. The Hall–Kier alpha value is -3.73. The zero-order valence-electron chi connectivity index (χ0n) is 14.6. The molecule has 1 heterocycles. The van der Waals surface area contributed by atoms with E-state index >= 15 is 0 Å². The van der Waals surface area contributed by atoms with Crippen LogP contribution in [-0.4, -0.2) is 16.8 Å². The molecule has 27 heavy (non-hydrogen) atoms. The lowest BCUT2D eigenvalue weighted by atomic mass is 9.97. The van der Waals surface area contributed by atoms with E-state index in [-0.39, 0.29) is 5.78 Å². The van der Waals surface area contributed by atoms with Gasteiger partial charge in [0.05, 0.1) is 11.8 Å². The number of hydrogen-bond acceptors (Lipinski definition) is 3. The van der Waals surface area contributed by atoms with Gasteiger partial charge in [-0.25, -0.2) is 0 Å². The van der Waals surface area contributed by atoms with Gasteiger partial charge in [0.15, 0.2) is 5.78 Å². The van der Waals surface area contributed by atoms with Crippen molar-refractivity contribution >= 4 is 22.4 Å². The summed E-state index contributed by atoms with van der Waals surface area (Å²) in [7, 11) is 0. The highest BCUT2D eigenvalue weighted by molar-refractivity contribution is 6.00. The van der Waals surface area contributed by atoms with E-state index in [1.807, 2.05) is 60.7 Å². The Morgan fingerprint density at radius 2 is 1.78 bits per heavy atom. The largest absolute Gasteiger partial charge is 0.364 e. The second-order valence-corrected chi connectivity index (χ2v) is 6.45. The van der Waals surface area contributed by atoms with Gasteiger partial charge in [0, 0.05) is 17.5 Å². The van der Waals surface area contributed by atoms with Crippen LogP contribution in [0.3, 0.4) is 0 Å². The average molecular weight is 356 g/mol. The fourth-order valence-electron chi connectivity index (χ4n) is 3.09. The molecule has 0 saturated heterocycles. The van der Waals surface area contributed by atoms with Gasteiger partial charge in [0.25, 0.3) is 5.84 Å². The molecule has 132 valence electrons. The minimum absolute atomic E-state index is 0.0591. The molecular formula is C22H18N3O2+. The molecule has 0 amide bonds. The van der Waals surface area contributed by atoms with Crippen molar-refractivity contribution in [3.8, 4) is 11.1 Å². The van der Waals surface area contributed by atoms with Crippen LogP contribution in [-0.2, 0) is 6.42 Å². The van der Waals surface area contributed by atoms with E-state index in [4.69, 9.17) is 15.7 Å². The monoisotopic (exact) mass is 356 g/mol. The number of benzene rings is 3. The van der Waals surface area contributed by atoms with E-state index in [1.54, 1.807) is 12.5 Å². The Labute approximate surface area is 155 Å². The number of hydrogen-bond donors (Lipinski definition) is 2. The third-order valence-electron chi connectivity index (χ3n) is 4.55. The maximum Gasteiger partial charge on any atom is 0.270 e. The van der Waals surface area contributed by atoms with Crippen LogP contribution >= 0.6 is 0 Å². The topological polar surface area (TPSA) is 94.7 Å². The summed E-state index contributed by atoms with van der Waals surface area (Å²) in [6, 6.07) is 19.2. The quantitative estimate of drug-likeness (QED) is 0.326. The number of amidine groups is 1. The van der Waals surface area contributed by atoms with Crippen LogP contribution in [0.1, 0.15) is 21.5 Å². The molecule has 4 N–H and O–H groups in total. The Morgan fingerprint density at radius 1 is 0.963 bits per heavy atom. The fourth-order valence-corrected chi connectivity index (χ4v) is 3.09. The van der Waals surface area contributed by atoms with Crippen molar-refractivity contribution in [2.45, 2.75) is 6.42 Å². The van der Waals surface area contributed by atoms with Crippen LogP contribution in [0.5, 0.6) is 0 Å². The predicted octanol–water partition coefficient (Wildman–Crippen LogP) is 2.38.